The lowest BCUT2D eigenvalue weighted by molar-refractivity contribution is -0.133. The van der Waals surface area contributed by atoms with Gasteiger partial charge in [-0.05, 0) is 12.8 Å². The van der Waals surface area contributed by atoms with E-state index < -0.39 is 0 Å². The van der Waals surface area contributed by atoms with Crippen LogP contribution in [0.15, 0.2) is 24.7 Å². The number of hydrogen-bond donors (Lipinski definition) is 0. The Kier molecular flexibility index (Phi) is 6.28. The Morgan fingerprint density at radius 3 is 2.89 bits per heavy atom. The van der Waals surface area contributed by atoms with Crippen molar-refractivity contribution in [3.63, 3.8) is 0 Å². The summed E-state index contributed by atoms with van der Waals surface area (Å²) in [6.07, 6.45) is 7.31. The lowest BCUT2D eigenvalue weighted by Gasteiger charge is -2.33. The summed E-state index contributed by atoms with van der Waals surface area (Å²) in [4.78, 5) is 34.1. The van der Waals surface area contributed by atoms with Crippen LogP contribution < -0.4 is 4.90 Å². The molecule has 1 amide bonds. The summed E-state index contributed by atoms with van der Waals surface area (Å²) in [6.45, 7) is 1.92. The van der Waals surface area contributed by atoms with Gasteiger partial charge in [-0.15, -0.1) is 0 Å². The number of amides is 1. The summed E-state index contributed by atoms with van der Waals surface area (Å²) in [7, 11) is 5.52. The highest BCUT2D eigenvalue weighted by molar-refractivity contribution is 5.76. The number of ether oxygens (including phenoxy) is 1. The van der Waals surface area contributed by atoms with Gasteiger partial charge in [0.15, 0.2) is 5.82 Å². The van der Waals surface area contributed by atoms with Gasteiger partial charge in [0, 0.05) is 58.7 Å². The Morgan fingerprint density at radius 1 is 1.33 bits per heavy atom. The third-order valence-electron chi connectivity index (χ3n) is 4.70. The van der Waals surface area contributed by atoms with E-state index in [-0.39, 0.29) is 11.8 Å². The number of aromatic nitrogens is 4. The molecule has 8 nitrogen and oxygen atoms in total. The average Bonchev–Trinajstić information content (AvgIpc) is 2.72. The lowest BCUT2D eigenvalue weighted by Crippen LogP contribution is -2.39. The van der Waals surface area contributed by atoms with Gasteiger partial charge < -0.3 is 14.5 Å². The van der Waals surface area contributed by atoms with Crippen molar-refractivity contribution in [2.45, 2.75) is 25.2 Å². The minimum Gasteiger partial charge on any atom is -0.384 e. The number of methoxy groups -OCH3 is 1. The Bertz CT molecular complexity index is 768. The van der Waals surface area contributed by atoms with Crippen LogP contribution in [0.25, 0.3) is 11.5 Å². The zero-order valence-electron chi connectivity index (χ0n) is 16.1. The summed E-state index contributed by atoms with van der Waals surface area (Å²) in [5, 5.41) is 0. The largest absolute Gasteiger partial charge is 0.384 e. The first kappa shape index (κ1) is 19.2. The first-order valence-electron chi connectivity index (χ1n) is 9.18. The molecule has 2 aromatic rings. The van der Waals surface area contributed by atoms with Crippen molar-refractivity contribution in [3.8, 4) is 11.5 Å². The normalized spacial score (nSPS) is 17.0. The second-order valence-corrected chi connectivity index (χ2v) is 6.88. The number of carbonyl (C=O) groups is 1. The zero-order chi connectivity index (χ0) is 19.2. The van der Waals surface area contributed by atoms with Crippen molar-refractivity contribution in [3.05, 3.63) is 30.4 Å². The van der Waals surface area contributed by atoms with E-state index >= 15 is 0 Å². The van der Waals surface area contributed by atoms with E-state index in [0.29, 0.717) is 31.1 Å². The van der Waals surface area contributed by atoms with E-state index in [9.17, 15) is 4.79 Å². The molecule has 0 spiro atoms. The molecular weight excluding hydrogens is 344 g/mol. The van der Waals surface area contributed by atoms with E-state index in [1.165, 1.54) is 0 Å². The van der Waals surface area contributed by atoms with Crippen molar-refractivity contribution in [1.82, 2.24) is 24.8 Å². The molecule has 0 N–H and O–H groups in total. The number of rotatable bonds is 6. The molecule has 1 saturated heterocycles. The highest BCUT2D eigenvalue weighted by Crippen LogP contribution is 2.29. The second-order valence-electron chi connectivity index (χ2n) is 6.88. The predicted molar refractivity (Wildman–Crippen MR) is 102 cm³/mol. The fourth-order valence-corrected chi connectivity index (χ4v) is 3.21. The fraction of sp³-hybridized carbons (Fsp3) is 0.526. The van der Waals surface area contributed by atoms with E-state index in [1.54, 1.807) is 25.7 Å². The molecule has 3 rings (SSSR count). The molecule has 0 bridgehead atoms. The fourth-order valence-electron chi connectivity index (χ4n) is 3.21. The minimum atomic E-state index is 0.137. The Labute approximate surface area is 159 Å². The van der Waals surface area contributed by atoms with Crippen LogP contribution in [0.5, 0.6) is 0 Å². The van der Waals surface area contributed by atoms with Crippen molar-refractivity contribution in [2.24, 2.45) is 0 Å². The van der Waals surface area contributed by atoms with E-state index in [2.05, 4.69) is 15.0 Å². The van der Waals surface area contributed by atoms with Gasteiger partial charge in [0.25, 0.3) is 0 Å². The van der Waals surface area contributed by atoms with Crippen molar-refractivity contribution in [1.29, 1.82) is 0 Å². The molecule has 27 heavy (non-hydrogen) atoms. The summed E-state index contributed by atoms with van der Waals surface area (Å²) < 4.78 is 5.04. The average molecular weight is 370 g/mol. The minimum absolute atomic E-state index is 0.137. The maximum absolute atomic E-state index is 12.4. The molecule has 0 saturated carbocycles. The molecule has 1 atom stereocenters. The third-order valence-corrected chi connectivity index (χ3v) is 4.70. The van der Waals surface area contributed by atoms with Gasteiger partial charge in [-0.2, -0.15) is 0 Å². The van der Waals surface area contributed by atoms with Crippen LogP contribution in [0, 0.1) is 0 Å². The first-order valence-corrected chi connectivity index (χ1v) is 9.18. The summed E-state index contributed by atoms with van der Waals surface area (Å²) in [6, 6.07) is 2.01. The molecule has 0 aromatic carbocycles. The molecule has 1 aliphatic heterocycles. The number of hydrogen-bond acceptors (Lipinski definition) is 7. The van der Waals surface area contributed by atoms with Crippen LogP contribution in [-0.2, 0) is 9.53 Å². The van der Waals surface area contributed by atoms with Crippen molar-refractivity contribution in [2.75, 3.05) is 45.8 Å². The van der Waals surface area contributed by atoms with Crippen molar-refractivity contribution < 1.29 is 9.53 Å². The molecule has 8 heteroatoms. The van der Waals surface area contributed by atoms with Gasteiger partial charge in [0.1, 0.15) is 11.5 Å². The zero-order valence-corrected chi connectivity index (χ0v) is 16.1. The topological polar surface area (TPSA) is 84.3 Å². The Morgan fingerprint density at radius 2 is 2.19 bits per heavy atom. The quantitative estimate of drug-likeness (QED) is 0.766. The van der Waals surface area contributed by atoms with E-state index in [1.807, 2.05) is 30.0 Å². The molecule has 0 unspecified atom stereocenters. The maximum Gasteiger partial charge on any atom is 0.224 e. The van der Waals surface area contributed by atoms with E-state index in [4.69, 9.17) is 9.72 Å². The number of carbonyl (C=O) groups excluding carboxylic acids is 1. The predicted octanol–water partition coefficient (Wildman–Crippen LogP) is 1.74. The summed E-state index contributed by atoms with van der Waals surface area (Å²) in [5.74, 6) is 1.70. The third kappa shape index (κ3) is 4.77. The van der Waals surface area contributed by atoms with Gasteiger partial charge in [-0.3, -0.25) is 9.78 Å². The number of piperidine rings is 1. The molecule has 0 radical (unpaired) electrons. The van der Waals surface area contributed by atoms with Gasteiger partial charge in [0.05, 0.1) is 24.9 Å². The SMILES string of the molecule is COCCC(=O)N1CCC[C@H](c2cc(N(C)C)nc(-c3cnccn3)n2)C1. The Balaban J connectivity index is 1.86. The number of nitrogens with zero attached hydrogens (tertiary/aromatic N) is 6. The summed E-state index contributed by atoms with van der Waals surface area (Å²) in [5.41, 5.74) is 1.59. The number of anilines is 1. The standard InChI is InChI=1S/C19H26N6O2/c1-24(2)17-11-15(22-19(23-17)16-12-20-7-8-21-16)14-5-4-9-25(13-14)18(26)6-10-27-3/h7-8,11-12,14H,4-6,9-10,13H2,1-3H3/t14-/m0/s1. The van der Waals surface area contributed by atoms with Crippen LogP contribution >= 0.6 is 0 Å². The van der Waals surface area contributed by atoms with Crippen LogP contribution in [0.2, 0.25) is 0 Å². The molecule has 2 aromatic heterocycles. The Hall–Kier alpha value is -2.61. The van der Waals surface area contributed by atoms with Gasteiger partial charge in [0.2, 0.25) is 5.91 Å². The lowest BCUT2D eigenvalue weighted by atomic mass is 9.94. The smallest absolute Gasteiger partial charge is 0.224 e. The molecule has 3 heterocycles. The molecule has 1 fully saturated rings. The monoisotopic (exact) mass is 370 g/mol. The van der Waals surface area contributed by atoms with Gasteiger partial charge in [-0.25, -0.2) is 15.0 Å². The highest BCUT2D eigenvalue weighted by Gasteiger charge is 2.26. The van der Waals surface area contributed by atoms with E-state index in [0.717, 1.165) is 30.9 Å². The highest BCUT2D eigenvalue weighted by atomic mass is 16.5. The van der Waals surface area contributed by atoms with Crippen LogP contribution in [0.1, 0.15) is 30.9 Å². The van der Waals surface area contributed by atoms with Crippen LogP contribution in [0.3, 0.4) is 0 Å². The van der Waals surface area contributed by atoms with Crippen LogP contribution in [-0.4, -0.2) is 71.6 Å². The first-order chi connectivity index (χ1) is 13.1. The van der Waals surface area contributed by atoms with Gasteiger partial charge in [-0.1, -0.05) is 0 Å². The molecule has 0 aliphatic carbocycles. The molecule has 144 valence electrons. The molecule has 1 aliphatic rings. The molecular formula is C19H26N6O2. The summed E-state index contributed by atoms with van der Waals surface area (Å²) >= 11 is 0. The van der Waals surface area contributed by atoms with Gasteiger partial charge >= 0.3 is 0 Å². The van der Waals surface area contributed by atoms with Crippen molar-refractivity contribution >= 4 is 11.7 Å². The number of likely N-dealkylation sites (tertiary alicyclic amines) is 1. The second kappa shape index (κ2) is 8.85. The maximum atomic E-state index is 12.4. The van der Waals surface area contributed by atoms with Crippen LogP contribution in [0.4, 0.5) is 5.82 Å².